The van der Waals surface area contributed by atoms with Crippen LogP contribution in [0.4, 0.5) is 0 Å². The predicted octanol–water partition coefficient (Wildman–Crippen LogP) is 12.2. The Hall–Kier alpha value is -6.45. The molecule has 2 aliphatic rings. The molecule has 0 saturated heterocycles. The maximum Gasteiger partial charge on any atom is 0.164 e. The van der Waals surface area contributed by atoms with Gasteiger partial charge in [-0.1, -0.05) is 178 Å². The molecule has 1 unspecified atom stereocenters. The molecule has 0 bridgehead atoms. The van der Waals surface area contributed by atoms with E-state index < -0.39 is 0 Å². The number of fused-ring (bicyclic) bond motifs is 7. The molecule has 2 aliphatic carbocycles. The maximum atomic E-state index is 5.10. The van der Waals surface area contributed by atoms with Crippen molar-refractivity contribution in [2.24, 2.45) is 0 Å². The molecule has 0 spiro atoms. The van der Waals surface area contributed by atoms with E-state index in [-0.39, 0.29) is 11.3 Å². The van der Waals surface area contributed by atoms with Crippen LogP contribution in [-0.4, -0.2) is 15.0 Å². The van der Waals surface area contributed by atoms with Crippen molar-refractivity contribution >= 4 is 0 Å². The quantitative estimate of drug-likeness (QED) is 0.182. The summed E-state index contributed by atoms with van der Waals surface area (Å²) < 4.78 is 0. The first-order valence-corrected chi connectivity index (χ1v) is 18.5. The number of hydrogen-bond donors (Lipinski definition) is 0. The van der Waals surface area contributed by atoms with Gasteiger partial charge >= 0.3 is 0 Å². The lowest BCUT2D eigenvalue weighted by Crippen LogP contribution is -2.17. The highest BCUT2D eigenvalue weighted by molar-refractivity contribution is 5.91. The molecule has 1 aromatic heterocycles. The first-order chi connectivity index (χ1) is 26.0. The Morgan fingerprint density at radius 3 is 1.68 bits per heavy atom. The van der Waals surface area contributed by atoms with Crippen LogP contribution in [0.15, 0.2) is 170 Å². The van der Waals surface area contributed by atoms with Crippen LogP contribution in [0.1, 0.15) is 47.6 Å². The third-order valence-electron chi connectivity index (χ3n) is 11.3. The van der Waals surface area contributed by atoms with Gasteiger partial charge in [0.1, 0.15) is 0 Å². The van der Waals surface area contributed by atoms with Crippen molar-refractivity contribution in [3.8, 4) is 67.5 Å². The van der Waals surface area contributed by atoms with Crippen molar-refractivity contribution in [3.63, 3.8) is 0 Å². The van der Waals surface area contributed by atoms with E-state index in [1.54, 1.807) is 0 Å². The zero-order chi connectivity index (χ0) is 35.5. The van der Waals surface area contributed by atoms with Gasteiger partial charge in [0.25, 0.3) is 0 Å². The Morgan fingerprint density at radius 2 is 1.00 bits per heavy atom. The van der Waals surface area contributed by atoms with Gasteiger partial charge in [-0.3, -0.25) is 0 Å². The van der Waals surface area contributed by atoms with Gasteiger partial charge < -0.3 is 0 Å². The molecule has 1 atom stereocenters. The molecular weight excluding hydrogens is 643 g/mol. The second kappa shape index (κ2) is 12.4. The van der Waals surface area contributed by atoms with Crippen LogP contribution < -0.4 is 0 Å². The van der Waals surface area contributed by atoms with Gasteiger partial charge in [-0.25, -0.2) is 15.0 Å². The molecule has 0 fully saturated rings. The normalized spacial score (nSPS) is 14.9. The molecule has 1 heterocycles. The summed E-state index contributed by atoms with van der Waals surface area (Å²) >= 11 is 0. The first-order valence-electron chi connectivity index (χ1n) is 18.5. The van der Waals surface area contributed by atoms with Crippen molar-refractivity contribution in [1.82, 2.24) is 15.0 Å². The van der Waals surface area contributed by atoms with Crippen LogP contribution in [0.2, 0.25) is 0 Å². The number of benzene rings is 7. The highest BCUT2D eigenvalue weighted by Crippen LogP contribution is 2.56. The van der Waals surface area contributed by atoms with Gasteiger partial charge in [0, 0.05) is 28.0 Å². The highest BCUT2D eigenvalue weighted by Gasteiger charge is 2.40. The summed E-state index contributed by atoms with van der Waals surface area (Å²) in [4.78, 5) is 15.1. The fourth-order valence-corrected chi connectivity index (χ4v) is 8.69. The Labute approximate surface area is 310 Å². The summed E-state index contributed by atoms with van der Waals surface area (Å²) in [6.07, 6.45) is 0.896. The van der Waals surface area contributed by atoms with E-state index in [1.165, 1.54) is 61.2 Å². The lowest BCUT2D eigenvalue weighted by atomic mass is 9.71. The molecule has 3 heteroatoms. The Kier molecular flexibility index (Phi) is 7.29. The van der Waals surface area contributed by atoms with E-state index in [0.717, 1.165) is 23.1 Å². The van der Waals surface area contributed by atoms with Crippen molar-refractivity contribution in [2.75, 3.05) is 0 Å². The lowest BCUT2D eigenvalue weighted by molar-refractivity contribution is 0.659. The van der Waals surface area contributed by atoms with Crippen LogP contribution >= 0.6 is 0 Å². The smallest absolute Gasteiger partial charge is 0.164 e. The fourth-order valence-electron chi connectivity index (χ4n) is 8.69. The molecule has 7 aromatic carbocycles. The summed E-state index contributed by atoms with van der Waals surface area (Å²) in [6, 6.07) is 60.9. The van der Waals surface area contributed by atoms with Crippen LogP contribution in [0.25, 0.3) is 67.5 Å². The summed E-state index contributed by atoms with van der Waals surface area (Å²) in [7, 11) is 0. The van der Waals surface area contributed by atoms with Crippen molar-refractivity contribution < 1.29 is 0 Å². The van der Waals surface area contributed by atoms with Crippen molar-refractivity contribution in [3.05, 3.63) is 198 Å². The summed E-state index contributed by atoms with van der Waals surface area (Å²) in [5, 5.41) is 0. The Bertz CT molecular complexity index is 2600. The number of hydrogen-bond acceptors (Lipinski definition) is 3. The van der Waals surface area contributed by atoms with Crippen molar-refractivity contribution in [2.45, 2.75) is 31.6 Å². The minimum Gasteiger partial charge on any atom is -0.208 e. The van der Waals surface area contributed by atoms with Crippen LogP contribution in [-0.2, 0) is 11.8 Å². The molecule has 0 N–H and O–H groups in total. The molecule has 0 radical (unpaired) electrons. The zero-order valence-corrected chi connectivity index (χ0v) is 29.8. The molecule has 0 amide bonds. The molecule has 0 saturated carbocycles. The maximum absolute atomic E-state index is 5.10. The van der Waals surface area contributed by atoms with Gasteiger partial charge in [0.05, 0.1) is 0 Å². The minimum atomic E-state index is -0.0860. The number of aromatic nitrogens is 3. The minimum absolute atomic E-state index is 0.0860. The molecule has 0 aliphatic heterocycles. The highest BCUT2D eigenvalue weighted by atomic mass is 15.0. The molecule has 8 aromatic rings. The van der Waals surface area contributed by atoms with Crippen LogP contribution in [0, 0.1) is 0 Å². The molecule has 10 rings (SSSR count). The first kappa shape index (κ1) is 31.3. The average Bonchev–Trinajstić information content (AvgIpc) is 3.47. The SMILES string of the molecule is CC1(C)c2ccccc2-c2c1ccc1c2C(c2cccc(-c3nc(-c4ccccc4)nc(-c4ccccc4)n3)c2)Cc2cc(-c3ccccc3)ccc2-1. The Balaban J connectivity index is 1.17. The average molecular weight is 680 g/mol. The van der Waals surface area contributed by atoms with Crippen molar-refractivity contribution in [1.29, 1.82) is 0 Å². The molecule has 3 nitrogen and oxygen atoms in total. The standard InChI is InChI=1S/C50H37N3/c1-50(2)43-24-13-12-23-41(43)46-44(50)28-27-40-39-26-25-35(32-15-6-3-7-16-32)29-38(39)31-42(45(40)46)36-21-14-22-37(30-36)49-52-47(33-17-8-4-9-18-33)51-48(53-49)34-19-10-5-11-20-34/h3-30,42H,31H2,1-2H3. The van der Waals surface area contributed by atoms with E-state index >= 15 is 0 Å². The third kappa shape index (κ3) is 5.23. The van der Waals surface area contributed by atoms with Gasteiger partial charge in [0.2, 0.25) is 0 Å². The number of rotatable bonds is 5. The molecule has 53 heavy (non-hydrogen) atoms. The van der Waals surface area contributed by atoms with Gasteiger partial charge in [0.15, 0.2) is 17.5 Å². The second-order valence-electron chi connectivity index (χ2n) is 14.8. The summed E-state index contributed by atoms with van der Waals surface area (Å²) in [5.41, 5.74) is 17.6. The van der Waals surface area contributed by atoms with E-state index in [4.69, 9.17) is 15.0 Å². The molecular formula is C50H37N3. The van der Waals surface area contributed by atoms with Crippen LogP contribution in [0.5, 0.6) is 0 Å². The van der Waals surface area contributed by atoms with Gasteiger partial charge in [-0.05, 0) is 73.7 Å². The van der Waals surface area contributed by atoms with E-state index in [0.29, 0.717) is 17.5 Å². The van der Waals surface area contributed by atoms with E-state index in [1.807, 2.05) is 36.4 Å². The van der Waals surface area contributed by atoms with Gasteiger partial charge in [-0.2, -0.15) is 0 Å². The van der Waals surface area contributed by atoms with Gasteiger partial charge in [-0.15, -0.1) is 0 Å². The summed E-state index contributed by atoms with van der Waals surface area (Å²) in [6.45, 7) is 4.75. The monoisotopic (exact) mass is 679 g/mol. The molecule has 252 valence electrons. The van der Waals surface area contributed by atoms with Crippen LogP contribution in [0.3, 0.4) is 0 Å². The lowest BCUT2D eigenvalue weighted by Gasteiger charge is -2.32. The summed E-state index contributed by atoms with van der Waals surface area (Å²) in [5.74, 6) is 2.14. The fraction of sp³-hybridized carbons (Fsp3) is 0.100. The van der Waals surface area contributed by atoms with E-state index in [9.17, 15) is 0 Å². The Morgan fingerprint density at radius 1 is 0.434 bits per heavy atom. The predicted molar refractivity (Wildman–Crippen MR) is 217 cm³/mol. The largest absolute Gasteiger partial charge is 0.208 e. The number of nitrogens with zero attached hydrogens (tertiary/aromatic N) is 3. The van der Waals surface area contributed by atoms with E-state index in [2.05, 4.69) is 147 Å². The zero-order valence-electron chi connectivity index (χ0n) is 29.8. The second-order valence-corrected chi connectivity index (χ2v) is 14.8. The topological polar surface area (TPSA) is 38.7 Å². The third-order valence-corrected chi connectivity index (χ3v) is 11.3.